The van der Waals surface area contributed by atoms with E-state index in [0.717, 1.165) is 0 Å². The van der Waals surface area contributed by atoms with Gasteiger partial charge in [-0.05, 0) is 27.9 Å². The highest BCUT2D eigenvalue weighted by atomic mass is 16.5. The van der Waals surface area contributed by atoms with Crippen LogP contribution in [-0.2, 0) is 0 Å². The topological polar surface area (TPSA) is 95.0 Å². The first-order valence-electron chi connectivity index (χ1n) is 6.18. The van der Waals surface area contributed by atoms with E-state index in [4.69, 9.17) is 10.5 Å². The quantitative estimate of drug-likeness (QED) is 0.843. The Balaban J connectivity index is 2.17. The number of nitrogens with two attached hydrogens (primary N) is 1. The van der Waals surface area contributed by atoms with Crippen LogP contribution in [0.25, 0.3) is 5.95 Å². The van der Waals surface area contributed by atoms with Gasteiger partial charge in [0.1, 0.15) is 12.9 Å². The molecule has 2 N–H and O–H groups in total. The van der Waals surface area contributed by atoms with E-state index >= 15 is 0 Å². The standard InChI is InChI=1S/C12H19N7O/c1-12(2,18(3)4)7-20-11-16-9(13)15-10(17-11)19-6-5-14-8-19/h5-6,8H,7H2,1-4H3,(H2,13,15,16,17). The van der Waals surface area contributed by atoms with Gasteiger partial charge < -0.3 is 15.4 Å². The lowest BCUT2D eigenvalue weighted by molar-refractivity contribution is 0.107. The lowest BCUT2D eigenvalue weighted by Crippen LogP contribution is -2.43. The van der Waals surface area contributed by atoms with Gasteiger partial charge in [0.2, 0.25) is 11.9 Å². The zero-order valence-electron chi connectivity index (χ0n) is 12.1. The van der Waals surface area contributed by atoms with Gasteiger partial charge in [-0.2, -0.15) is 15.0 Å². The summed E-state index contributed by atoms with van der Waals surface area (Å²) in [6.45, 7) is 4.56. The van der Waals surface area contributed by atoms with E-state index in [9.17, 15) is 0 Å². The molecule has 8 nitrogen and oxygen atoms in total. The molecule has 0 bridgehead atoms. The molecule has 108 valence electrons. The summed E-state index contributed by atoms with van der Waals surface area (Å²) in [5.74, 6) is 0.494. The summed E-state index contributed by atoms with van der Waals surface area (Å²) in [7, 11) is 3.98. The number of likely N-dealkylation sites (N-methyl/N-ethyl adjacent to an activating group) is 1. The van der Waals surface area contributed by atoms with E-state index in [1.165, 1.54) is 0 Å². The number of nitrogen functional groups attached to an aromatic ring is 1. The van der Waals surface area contributed by atoms with Gasteiger partial charge in [0.15, 0.2) is 0 Å². The van der Waals surface area contributed by atoms with Gasteiger partial charge in [0.05, 0.1) is 0 Å². The largest absolute Gasteiger partial charge is 0.461 e. The minimum Gasteiger partial charge on any atom is -0.461 e. The van der Waals surface area contributed by atoms with Crippen molar-refractivity contribution < 1.29 is 4.74 Å². The first kappa shape index (κ1) is 14.2. The predicted molar refractivity (Wildman–Crippen MR) is 74.6 cm³/mol. The summed E-state index contributed by atoms with van der Waals surface area (Å²) in [5.41, 5.74) is 5.54. The van der Waals surface area contributed by atoms with E-state index in [-0.39, 0.29) is 17.5 Å². The highest BCUT2D eigenvalue weighted by Gasteiger charge is 2.22. The van der Waals surface area contributed by atoms with Crippen LogP contribution in [0.3, 0.4) is 0 Å². The minimum absolute atomic E-state index is 0.112. The summed E-state index contributed by atoms with van der Waals surface area (Å²) in [5, 5.41) is 0. The summed E-state index contributed by atoms with van der Waals surface area (Å²) < 4.78 is 7.27. The molecule has 2 aromatic rings. The van der Waals surface area contributed by atoms with Crippen LogP contribution in [0, 0.1) is 0 Å². The van der Waals surface area contributed by atoms with Crippen molar-refractivity contribution in [2.45, 2.75) is 19.4 Å². The third-order valence-electron chi connectivity index (χ3n) is 3.12. The van der Waals surface area contributed by atoms with Crippen molar-refractivity contribution >= 4 is 5.95 Å². The molecule has 2 aromatic heterocycles. The van der Waals surface area contributed by atoms with Crippen molar-refractivity contribution in [2.75, 3.05) is 26.4 Å². The van der Waals surface area contributed by atoms with Crippen molar-refractivity contribution in [3.8, 4) is 12.0 Å². The molecular weight excluding hydrogens is 258 g/mol. The van der Waals surface area contributed by atoms with Crippen molar-refractivity contribution in [3.63, 3.8) is 0 Å². The second-order valence-electron chi connectivity index (χ2n) is 5.24. The van der Waals surface area contributed by atoms with E-state index in [2.05, 4.69) is 38.7 Å². The fraction of sp³-hybridized carbons (Fsp3) is 0.500. The zero-order valence-corrected chi connectivity index (χ0v) is 12.1. The van der Waals surface area contributed by atoms with Crippen molar-refractivity contribution in [2.24, 2.45) is 0 Å². The molecule has 8 heteroatoms. The highest BCUT2D eigenvalue weighted by molar-refractivity contribution is 5.25. The maximum Gasteiger partial charge on any atom is 0.323 e. The Bertz CT molecular complexity index is 565. The Kier molecular flexibility index (Phi) is 3.84. The molecule has 2 rings (SSSR count). The summed E-state index contributed by atoms with van der Waals surface area (Å²) >= 11 is 0. The number of imidazole rings is 1. The van der Waals surface area contributed by atoms with Crippen LogP contribution < -0.4 is 10.5 Å². The monoisotopic (exact) mass is 277 g/mol. The summed E-state index contributed by atoms with van der Waals surface area (Å²) in [6.07, 6.45) is 4.94. The normalized spacial score (nSPS) is 11.8. The smallest absolute Gasteiger partial charge is 0.323 e. The van der Waals surface area contributed by atoms with E-state index in [1.807, 2.05) is 14.1 Å². The molecule has 0 radical (unpaired) electrons. The number of aromatic nitrogens is 5. The van der Waals surface area contributed by atoms with E-state index in [1.54, 1.807) is 23.3 Å². The predicted octanol–water partition coefficient (Wildman–Crippen LogP) is 0.358. The molecule has 0 fully saturated rings. The van der Waals surface area contributed by atoms with Gasteiger partial charge in [0, 0.05) is 17.9 Å². The summed E-state index contributed by atoms with van der Waals surface area (Å²) in [6, 6.07) is 0.205. The number of nitrogens with zero attached hydrogens (tertiary/aromatic N) is 6. The first-order valence-corrected chi connectivity index (χ1v) is 6.18. The number of hydrogen-bond acceptors (Lipinski definition) is 7. The molecule has 2 heterocycles. The van der Waals surface area contributed by atoms with Crippen molar-refractivity contribution in [1.29, 1.82) is 0 Å². The lowest BCUT2D eigenvalue weighted by atomic mass is 10.1. The Morgan fingerprint density at radius 2 is 2.05 bits per heavy atom. The first-order chi connectivity index (χ1) is 9.38. The van der Waals surface area contributed by atoms with Gasteiger partial charge >= 0.3 is 6.01 Å². The molecule has 0 aliphatic heterocycles. The van der Waals surface area contributed by atoms with Crippen LogP contribution in [0.1, 0.15) is 13.8 Å². The van der Waals surface area contributed by atoms with Gasteiger partial charge in [-0.25, -0.2) is 4.98 Å². The molecular formula is C12H19N7O. The zero-order chi connectivity index (χ0) is 14.8. The van der Waals surface area contributed by atoms with Crippen molar-refractivity contribution in [1.82, 2.24) is 29.4 Å². The molecule has 0 saturated heterocycles. The number of rotatable bonds is 5. The van der Waals surface area contributed by atoms with Crippen molar-refractivity contribution in [3.05, 3.63) is 18.7 Å². The third-order valence-corrected chi connectivity index (χ3v) is 3.12. The Labute approximate surface area is 117 Å². The van der Waals surface area contributed by atoms with Gasteiger partial charge in [-0.1, -0.05) is 0 Å². The maximum absolute atomic E-state index is 5.68. The molecule has 0 aromatic carbocycles. The minimum atomic E-state index is -0.142. The van der Waals surface area contributed by atoms with Crippen LogP contribution in [-0.4, -0.2) is 55.6 Å². The number of anilines is 1. The van der Waals surface area contributed by atoms with Crippen LogP contribution >= 0.6 is 0 Å². The summed E-state index contributed by atoms with van der Waals surface area (Å²) in [4.78, 5) is 18.3. The van der Waals surface area contributed by atoms with Crippen LogP contribution in [0.2, 0.25) is 0 Å². The molecule has 0 aliphatic carbocycles. The molecule has 0 saturated carbocycles. The molecule has 0 aliphatic rings. The molecule has 0 unspecified atom stereocenters. The Hall–Kier alpha value is -2.22. The van der Waals surface area contributed by atoms with E-state index in [0.29, 0.717) is 12.6 Å². The van der Waals surface area contributed by atoms with Crippen LogP contribution in [0.15, 0.2) is 18.7 Å². The second kappa shape index (κ2) is 5.41. The molecule has 0 amide bonds. The SMILES string of the molecule is CN(C)C(C)(C)COc1nc(N)nc(-n2ccnc2)n1. The highest BCUT2D eigenvalue weighted by Crippen LogP contribution is 2.14. The average molecular weight is 277 g/mol. The number of ether oxygens (including phenoxy) is 1. The molecule has 0 atom stereocenters. The third kappa shape index (κ3) is 3.21. The number of hydrogen-bond donors (Lipinski definition) is 1. The van der Waals surface area contributed by atoms with Crippen LogP contribution in [0.4, 0.5) is 5.95 Å². The van der Waals surface area contributed by atoms with E-state index < -0.39 is 0 Å². The van der Waals surface area contributed by atoms with Gasteiger partial charge in [0.25, 0.3) is 0 Å². The second-order valence-corrected chi connectivity index (χ2v) is 5.24. The Morgan fingerprint density at radius 3 is 2.65 bits per heavy atom. The fourth-order valence-corrected chi connectivity index (χ4v) is 1.29. The molecule has 20 heavy (non-hydrogen) atoms. The molecule has 0 spiro atoms. The van der Waals surface area contributed by atoms with Gasteiger partial charge in [-0.3, -0.25) is 4.57 Å². The lowest BCUT2D eigenvalue weighted by Gasteiger charge is -2.31. The fourth-order valence-electron chi connectivity index (χ4n) is 1.29. The Morgan fingerprint density at radius 1 is 1.30 bits per heavy atom. The van der Waals surface area contributed by atoms with Gasteiger partial charge in [-0.15, -0.1) is 0 Å². The maximum atomic E-state index is 5.68. The van der Waals surface area contributed by atoms with Crippen LogP contribution in [0.5, 0.6) is 6.01 Å². The average Bonchev–Trinajstić information content (AvgIpc) is 2.89.